The first kappa shape index (κ1) is 23.5. The molecule has 2 aromatic rings. The maximum atomic E-state index is 11.2. The number of aliphatic carboxylic acids is 1. The van der Waals surface area contributed by atoms with Crippen LogP contribution in [0, 0.1) is 0 Å². The maximum absolute atomic E-state index is 11.2. The average molecular weight is 437 g/mol. The monoisotopic (exact) mass is 437 g/mol. The van der Waals surface area contributed by atoms with Gasteiger partial charge in [0, 0.05) is 19.4 Å². The number of benzene rings is 2. The van der Waals surface area contributed by atoms with Gasteiger partial charge in [0.1, 0.15) is 11.9 Å². The summed E-state index contributed by atoms with van der Waals surface area (Å²) in [5.41, 5.74) is 1.65. The van der Waals surface area contributed by atoms with Crippen molar-refractivity contribution in [2.24, 2.45) is 0 Å². The summed E-state index contributed by atoms with van der Waals surface area (Å²) < 4.78 is 43.4. The summed E-state index contributed by atoms with van der Waals surface area (Å²) >= 11 is 0. The summed E-state index contributed by atoms with van der Waals surface area (Å²) in [5.74, 6) is -0.00978. The Morgan fingerprint density at radius 1 is 1.07 bits per heavy atom. The van der Waals surface area contributed by atoms with Gasteiger partial charge in [-0.3, -0.25) is 0 Å². The highest BCUT2D eigenvalue weighted by Gasteiger charge is 2.13. The number of ether oxygens (including phenoxy) is 3. The highest BCUT2D eigenvalue weighted by molar-refractivity contribution is 7.86. The minimum absolute atomic E-state index is 0.151. The third-order valence-electron chi connectivity index (χ3n) is 4.10. The summed E-state index contributed by atoms with van der Waals surface area (Å²) in [6.07, 6.45) is 0.662. The van der Waals surface area contributed by atoms with Crippen LogP contribution in [0.1, 0.15) is 18.1 Å². The number of hydrogen-bond donors (Lipinski definition) is 0. The van der Waals surface area contributed by atoms with E-state index in [2.05, 4.69) is 0 Å². The number of rotatable bonds is 12. The van der Waals surface area contributed by atoms with Gasteiger partial charge >= 0.3 is 10.1 Å². The van der Waals surface area contributed by atoms with Crippen LogP contribution >= 0.6 is 0 Å². The Hall–Kier alpha value is -2.78. The number of methoxy groups -OCH3 is 1. The van der Waals surface area contributed by atoms with Crippen LogP contribution in [0.4, 0.5) is 0 Å². The molecule has 0 radical (unpaired) electrons. The average Bonchev–Trinajstić information content (AvgIpc) is 2.68. The lowest BCUT2D eigenvalue weighted by Gasteiger charge is -2.19. The molecule has 0 spiro atoms. The predicted octanol–water partition coefficient (Wildman–Crippen LogP) is 1.35. The topological polar surface area (TPSA) is 111 Å². The van der Waals surface area contributed by atoms with Gasteiger partial charge in [-0.2, -0.15) is 8.42 Å². The van der Waals surface area contributed by atoms with E-state index in [0.717, 1.165) is 17.4 Å². The van der Waals surface area contributed by atoms with Gasteiger partial charge in [-0.25, -0.2) is 0 Å². The molecule has 164 valence electrons. The third-order valence-corrected chi connectivity index (χ3v) is 4.59. The summed E-state index contributed by atoms with van der Waals surface area (Å²) in [7, 11) is -2.04. The Morgan fingerprint density at radius 3 is 2.30 bits per heavy atom. The van der Waals surface area contributed by atoms with E-state index in [1.165, 1.54) is 7.11 Å². The molecule has 0 aliphatic rings. The van der Waals surface area contributed by atoms with Gasteiger partial charge in [-0.05, 0) is 42.3 Å². The van der Waals surface area contributed by atoms with Crippen LogP contribution < -0.4 is 18.8 Å². The predicted molar refractivity (Wildman–Crippen MR) is 108 cm³/mol. The van der Waals surface area contributed by atoms with Gasteiger partial charge in [0.05, 0.1) is 25.9 Å². The number of carboxylic acid groups (broad SMARTS) is 1. The third kappa shape index (κ3) is 7.57. The first-order valence-electron chi connectivity index (χ1n) is 9.32. The minimum Gasteiger partial charge on any atom is -0.547 e. The normalized spacial score (nSPS) is 12.2. The lowest BCUT2D eigenvalue weighted by Crippen LogP contribution is -2.39. The molecule has 0 saturated carbocycles. The molecule has 0 saturated heterocycles. The highest BCUT2D eigenvalue weighted by atomic mass is 32.2. The lowest BCUT2D eigenvalue weighted by molar-refractivity contribution is -0.316. The van der Waals surface area contributed by atoms with E-state index in [1.807, 2.05) is 0 Å². The SMILES string of the molecule is CCOC(Cc1ccc(OC)c(OCCc2ccc(OS(C)(=O)=O)cc2)c1)C(=O)[O-]. The minimum atomic E-state index is -3.56. The van der Waals surface area contributed by atoms with Crippen LogP contribution in [0.5, 0.6) is 17.2 Å². The summed E-state index contributed by atoms with van der Waals surface area (Å²) in [4.78, 5) is 11.2. The van der Waals surface area contributed by atoms with Gasteiger partial charge in [0.15, 0.2) is 11.5 Å². The Labute approximate surface area is 176 Å². The fourth-order valence-electron chi connectivity index (χ4n) is 2.75. The number of carboxylic acids is 1. The van der Waals surface area contributed by atoms with E-state index in [-0.39, 0.29) is 18.8 Å². The largest absolute Gasteiger partial charge is 0.547 e. The second-order valence-corrected chi connectivity index (χ2v) is 8.06. The van der Waals surface area contributed by atoms with Crippen molar-refractivity contribution >= 4 is 16.1 Å². The maximum Gasteiger partial charge on any atom is 0.306 e. The van der Waals surface area contributed by atoms with Gasteiger partial charge < -0.3 is 28.3 Å². The van der Waals surface area contributed by atoms with Crippen LogP contribution in [0.3, 0.4) is 0 Å². The standard InChI is InChI=1S/C21H26O8S/c1-4-27-20(21(22)23)14-16-7-10-18(26-2)19(13-16)28-12-11-15-5-8-17(9-6-15)29-30(3,24)25/h5-10,13,20H,4,11-12,14H2,1-3H3,(H,22,23)/p-1. The van der Waals surface area contributed by atoms with E-state index >= 15 is 0 Å². The van der Waals surface area contributed by atoms with Gasteiger partial charge in [-0.15, -0.1) is 0 Å². The Kier molecular flexibility index (Phi) is 8.49. The zero-order chi connectivity index (χ0) is 22.1. The van der Waals surface area contributed by atoms with Crippen molar-refractivity contribution in [3.63, 3.8) is 0 Å². The molecule has 0 N–H and O–H groups in total. The molecule has 30 heavy (non-hydrogen) atoms. The fraction of sp³-hybridized carbons (Fsp3) is 0.381. The fourth-order valence-corrected chi connectivity index (χ4v) is 3.21. The van der Waals surface area contributed by atoms with Gasteiger partial charge in [0.25, 0.3) is 0 Å². The molecule has 0 aliphatic heterocycles. The quantitative estimate of drug-likeness (QED) is 0.458. The van der Waals surface area contributed by atoms with Crippen molar-refractivity contribution < 1.29 is 36.7 Å². The van der Waals surface area contributed by atoms with Crippen LogP contribution in [-0.2, 0) is 32.5 Å². The molecule has 1 atom stereocenters. The second kappa shape index (κ2) is 10.8. The molecule has 0 aliphatic carbocycles. The summed E-state index contributed by atoms with van der Waals surface area (Å²) in [5, 5.41) is 11.2. The van der Waals surface area contributed by atoms with Crippen molar-refractivity contribution in [3.8, 4) is 17.2 Å². The second-order valence-electron chi connectivity index (χ2n) is 6.48. The molecule has 0 bridgehead atoms. The van der Waals surface area contributed by atoms with E-state index in [0.29, 0.717) is 24.5 Å². The first-order chi connectivity index (χ1) is 14.2. The molecular weight excluding hydrogens is 412 g/mol. The molecule has 2 rings (SSSR count). The van der Waals surface area contributed by atoms with Crippen molar-refractivity contribution in [1.29, 1.82) is 0 Å². The molecule has 0 fully saturated rings. The lowest BCUT2D eigenvalue weighted by atomic mass is 10.1. The van der Waals surface area contributed by atoms with E-state index in [1.54, 1.807) is 49.4 Å². The first-order valence-corrected chi connectivity index (χ1v) is 11.1. The van der Waals surface area contributed by atoms with E-state index in [4.69, 9.17) is 18.4 Å². The Balaban J connectivity index is 2.00. The van der Waals surface area contributed by atoms with Crippen LogP contribution in [0.15, 0.2) is 42.5 Å². The van der Waals surface area contributed by atoms with Crippen molar-refractivity contribution in [1.82, 2.24) is 0 Å². The molecule has 9 heteroatoms. The molecule has 0 aromatic heterocycles. The van der Waals surface area contributed by atoms with Crippen LogP contribution in [0.2, 0.25) is 0 Å². The molecule has 1 unspecified atom stereocenters. The van der Waals surface area contributed by atoms with Crippen molar-refractivity contribution in [2.45, 2.75) is 25.9 Å². The van der Waals surface area contributed by atoms with Crippen LogP contribution in [-0.4, -0.2) is 47.1 Å². The number of hydrogen-bond acceptors (Lipinski definition) is 8. The summed E-state index contributed by atoms with van der Waals surface area (Å²) in [6, 6.07) is 11.8. The molecule has 8 nitrogen and oxygen atoms in total. The van der Waals surface area contributed by atoms with E-state index in [9.17, 15) is 18.3 Å². The van der Waals surface area contributed by atoms with E-state index < -0.39 is 22.2 Å². The van der Waals surface area contributed by atoms with Crippen molar-refractivity contribution in [2.75, 3.05) is 26.6 Å². The number of carbonyl (C=O) groups excluding carboxylic acids is 1. The molecule has 0 heterocycles. The van der Waals surface area contributed by atoms with Gasteiger partial charge in [-0.1, -0.05) is 18.2 Å². The van der Waals surface area contributed by atoms with Gasteiger partial charge in [0.2, 0.25) is 0 Å². The number of carbonyl (C=O) groups is 1. The Morgan fingerprint density at radius 2 is 1.73 bits per heavy atom. The smallest absolute Gasteiger partial charge is 0.306 e. The highest BCUT2D eigenvalue weighted by Crippen LogP contribution is 2.29. The zero-order valence-corrected chi connectivity index (χ0v) is 17.9. The molecular formula is C21H25O8S-. The Bertz CT molecular complexity index is 938. The summed E-state index contributed by atoms with van der Waals surface area (Å²) in [6.45, 7) is 2.33. The van der Waals surface area contributed by atoms with Crippen LogP contribution in [0.25, 0.3) is 0 Å². The zero-order valence-electron chi connectivity index (χ0n) is 17.1. The van der Waals surface area contributed by atoms with Crippen molar-refractivity contribution in [3.05, 3.63) is 53.6 Å². The molecule has 0 amide bonds. The molecule has 2 aromatic carbocycles.